The Kier molecular flexibility index (Phi) is 2.72. The zero-order valence-corrected chi connectivity index (χ0v) is 9.37. The van der Waals surface area contributed by atoms with Gasteiger partial charge < -0.3 is 10.6 Å². The van der Waals surface area contributed by atoms with Crippen LogP contribution >= 0.6 is 15.9 Å². The molecule has 0 atom stereocenters. The number of halogens is 1. The number of nitrogens with two attached hydrogens (primary N) is 1. The number of aromatic nitrogens is 1. The summed E-state index contributed by atoms with van der Waals surface area (Å²) in [6.45, 7) is 1.96. The molecule has 2 rings (SSSR count). The second-order valence-corrected chi connectivity index (χ2v) is 4.32. The lowest BCUT2D eigenvalue weighted by atomic mass is 10.2. The minimum atomic E-state index is 0.577. The van der Waals surface area contributed by atoms with Crippen molar-refractivity contribution in [3.05, 3.63) is 28.9 Å². The van der Waals surface area contributed by atoms with Crippen molar-refractivity contribution in [3.63, 3.8) is 0 Å². The van der Waals surface area contributed by atoms with E-state index in [1.807, 2.05) is 12.1 Å². The van der Waals surface area contributed by atoms with Gasteiger partial charge in [0.05, 0.1) is 0 Å². The van der Waals surface area contributed by atoms with Crippen LogP contribution in [0.5, 0.6) is 0 Å². The summed E-state index contributed by atoms with van der Waals surface area (Å²) < 4.78 is 1.24. The lowest BCUT2D eigenvalue weighted by Gasteiger charge is -2.27. The minimum Gasteiger partial charge on any atom is -0.384 e. The molecule has 74 valence electrons. The van der Waals surface area contributed by atoms with Gasteiger partial charge in [0.25, 0.3) is 0 Å². The third-order valence-electron chi connectivity index (χ3n) is 2.24. The van der Waals surface area contributed by atoms with E-state index in [2.05, 4.69) is 31.9 Å². The fourth-order valence-corrected chi connectivity index (χ4v) is 2.09. The zero-order valence-electron chi connectivity index (χ0n) is 7.78. The average Bonchev–Trinajstić information content (AvgIpc) is 2.18. The van der Waals surface area contributed by atoms with E-state index in [9.17, 15) is 0 Å². The highest BCUT2D eigenvalue weighted by Crippen LogP contribution is 2.22. The van der Waals surface area contributed by atoms with Crippen LogP contribution in [0.3, 0.4) is 0 Å². The number of rotatable bonds is 1. The molecule has 2 N–H and O–H groups in total. The Morgan fingerprint density at radius 1 is 1.50 bits per heavy atom. The molecule has 0 aliphatic carbocycles. The molecule has 0 amide bonds. The molecule has 1 aliphatic heterocycles. The summed E-state index contributed by atoms with van der Waals surface area (Å²) in [6.07, 6.45) is 5.03. The highest BCUT2D eigenvalue weighted by atomic mass is 79.9. The van der Waals surface area contributed by atoms with Gasteiger partial charge in [0.2, 0.25) is 0 Å². The van der Waals surface area contributed by atoms with Crippen LogP contribution in [0, 0.1) is 0 Å². The van der Waals surface area contributed by atoms with Crippen LogP contribution in [0.15, 0.2) is 28.9 Å². The van der Waals surface area contributed by atoms with Gasteiger partial charge in [-0.25, -0.2) is 4.98 Å². The molecular formula is C10H12BrN3. The molecular weight excluding hydrogens is 242 g/mol. The highest BCUT2D eigenvalue weighted by molar-refractivity contribution is 9.11. The van der Waals surface area contributed by atoms with Crippen molar-refractivity contribution in [2.75, 3.05) is 23.7 Å². The van der Waals surface area contributed by atoms with Crippen LogP contribution in [-0.4, -0.2) is 18.1 Å². The predicted molar refractivity (Wildman–Crippen MR) is 62.5 cm³/mol. The summed E-state index contributed by atoms with van der Waals surface area (Å²) in [5.74, 6) is 0.577. The standard InChI is InChI=1S/C10H12BrN3/c11-8-2-1-5-14(7-8)9-3-4-13-10(12)6-9/h2-4,6H,1,5,7H2,(H2,12,13). The number of hydrogen-bond acceptors (Lipinski definition) is 3. The normalized spacial score (nSPS) is 16.6. The number of pyridine rings is 1. The smallest absolute Gasteiger partial charge is 0.125 e. The van der Waals surface area contributed by atoms with E-state index in [-0.39, 0.29) is 0 Å². The number of anilines is 2. The Balaban J connectivity index is 2.19. The van der Waals surface area contributed by atoms with Gasteiger partial charge in [-0.15, -0.1) is 0 Å². The van der Waals surface area contributed by atoms with Gasteiger partial charge in [0.1, 0.15) is 5.82 Å². The number of nitrogens with zero attached hydrogens (tertiary/aromatic N) is 2. The minimum absolute atomic E-state index is 0.577. The Morgan fingerprint density at radius 3 is 3.07 bits per heavy atom. The molecule has 0 aromatic carbocycles. The zero-order chi connectivity index (χ0) is 9.97. The Hall–Kier alpha value is -1.03. The molecule has 0 bridgehead atoms. The largest absolute Gasteiger partial charge is 0.384 e. The van der Waals surface area contributed by atoms with Crippen molar-refractivity contribution in [3.8, 4) is 0 Å². The molecule has 3 nitrogen and oxygen atoms in total. The lowest BCUT2D eigenvalue weighted by Crippen LogP contribution is -2.28. The summed E-state index contributed by atoms with van der Waals surface area (Å²) in [4.78, 5) is 6.26. The third kappa shape index (κ3) is 2.07. The van der Waals surface area contributed by atoms with E-state index < -0.39 is 0 Å². The summed E-state index contributed by atoms with van der Waals surface area (Å²) >= 11 is 3.52. The molecule has 1 aromatic rings. The van der Waals surface area contributed by atoms with Crippen molar-refractivity contribution < 1.29 is 0 Å². The van der Waals surface area contributed by atoms with Crippen LogP contribution in [0.25, 0.3) is 0 Å². The number of hydrogen-bond donors (Lipinski definition) is 1. The maximum absolute atomic E-state index is 5.64. The monoisotopic (exact) mass is 253 g/mol. The summed E-state index contributed by atoms with van der Waals surface area (Å²) in [5.41, 5.74) is 6.78. The van der Waals surface area contributed by atoms with Crippen molar-refractivity contribution in [2.24, 2.45) is 0 Å². The molecule has 0 saturated carbocycles. The first-order valence-electron chi connectivity index (χ1n) is 4.57. The van der Waals surface area contributed by atoms with Crippen molar-refractivity contribution >= 4 is 27.4 Å². The Bertz CT molecular complexity index is 362. The van der Waals surface area contributed by atoms with Gasteiger partial charge in [0, 0.05) is 35.5 Å². The molecule has 2 heterocycles. The molecule has 1 aromatic heterocycles. The van der Waals surface area contributed by atoms with E-state index in [0.717, 1.165) is 25.2 Å². The highest BCUT2D eigenvalue weighted by Gasteiger charge is 2.11. The molecule has 0 unspecified atom stereocenters. The predicted octanol–water partition coefficient (Wildman–Crippen LogP) is 2.15. The topological polar surface area (TPSA) is 42.1 Å². The SMILES string of the molecule is Nc1cc(N2CCC=C(Br)C2)ccn1. The maximum Gasteiger partial charge on any atom is 0.125 e. The molecule has 1 aliphatic rings. The van der Waals surface area contributed by atoms with Crippen molar-refractivity contribution in [1.29, 1.82) is 0 Å². The van der Waals surface area contributed by atoms with Gasteiger partial charge in [-0.05, 0) is 12.5 Å². The summed E-state index contributed by atoms with van der Waals surface area (Å²) in [5, 5.41) is 0. The van der Waals surface area contributed by atoms with Gasteiger partial charge in [-0.2, -0.15) is 0 Å². The van der Waals surface area contributed by atoms with Crippen molar-refractivity contribution in [1.82, 2.24) is 4.98 Å². The molecule has 4 heteroatoms. The van der Waals surface area contributed by atoms with Crippen LogP contribution < -0.4 is 10.6 Å². The van der Waals surface area contributed by atoms with E-state index in [4.69, 9.17) is 5.73 Å². The van der Waals surface area contributed by atoms with Gasteiger partial charge in [-0.1, -0.05) is 22.0 Å². The van der Waals surface area contributed by atoms with Gasteiger partial charge in [-0.3, -0.25) is 0 Å². The summed E-state index contributed by atoms with van der Waals surface area (Å²) in [6, 6.07) is 3.90. The van der Waals surface area contributed by atoms with Crippen LogP contribution in [-0.2, 0) is 0 Å². The Morgan fingerprint density at radius 2 is 2.36 bits per heavy atom. The lowest BCUT2D eigenvalue weighted by molar-refractivity contribution is 0.815. The fourth-order valence-electron chi connectivity index (χ4n) is 1.56. The Labute approximate surface area is 91.7 Å². The summed E-state index contributed by atoms with van der Waals surface area (Å²) in [7, 11) is 0. The van der Waals surface area contributed by atoms with E-state index in [1.165, 1.54) is 4.48 Å². The quantitative estimate of drug-likeness (QED) is 0.834. The van der Waals surface area contributed by atoms with Crippen LogP contribution in [0.4, 0.5) is 11.5 Å². The average molecular weight is 254 g/mol. The second kappa shape index (κ2) is 4.00. The first-order chi connectivity index (χ1) is 6.75. The van der Waals surface area contributed by atoms with E-state index in [1.54, 1.807) is 6.20 Å². The molecule has 0 radical (unpaired) electrons. The van der Waals surface area contributed by atoms with E-state index >= 15 is 0 Å². The van der Waals surface area contributed by atoms with Crippen LogP contribution in [0.2, 0.25) is 0 Å². The molecule has 0 spiro atoms. The maximum atomic E-state index is 5.64. The molecule has 0 fully saturated rings. The van der Waals surface area contributed by atoms with Gasteiger partial charge >= 0.3 is 0 Å². The van der Waals surface area contributed by atoms with Gasteiger partial charge in [0.15, 0.2) is 0 Å². The van der Waals surface area contributed by atoms with Crippen LogP contribution in [0.1, 0.15) is 6.42 Å². The third-order valence-corrected chi connectivity index (χ3v) is 2.81. The molecule has 14 heavy (non-hydrogen) atoms. The number of nitrogen functional groups attached to an aromatic ring is 1. The second-order valence-electron chi connectivity index (χ2n) is 3.30. The van der Waals surface area contributed by atoms with E-state index in [0.29, 0.717) is 5.82 Å². The fraction of sp³-hybridized carbons (Fsp3) is 0.300. The first-order valence-corrected chi connectivity index (χ1v) is 5.36. The van der Waals surface area contributed by atoms with Crippen molar-refractivity contribution in [2.45, 2.75) is 6.42 Å². The molecule has 0 saturated heterocycles. The first kappa shape index (κ1) is 9.52.